The molecule has 0 atom stereocenters. The average molecular weight is 368 g/mol. The summed E-state index contributed by atoms with van der Waals surface area (Å²) in [5, 5.41) is 2.78. The van der Waals surface area contributed by atoms with Gasteiger partial charge in [-0.3, -0.25) is 14.2 Å². The molecule has 0 aliphatic rings. The van der Waals surface area contributed by atoms with Crippen molar-refractivity contribution in [3.63, 3.8) is 0 Å². The Morgan fingerprint density at radius 1 is 1.11 bits per heavy atom. The molecule has 1 aromatic heterocycles. The first kappa shape index (κ1) is 18.4. The van der Waals surface area contributed by atoms with Crippen molar-refractivity contribution in [3.05, 3.63) is 58.6 Å². The lowest BCUT2D eigenvalue weighted by molar-refractivity contribution is -0.116. The van der Waals surface area contributed by atoms with Gasteiger partial charge in [0.25, 0.3) is 0 Å². The van der Waals surface area contributed by atoms with Crippen molar-refractivity contribution in [1.82, 2.24) is 4.57 Å². The summed E-state index contributed by atoms with van der Waals surface area (Å²) in [7, 11) is 3.17. The van der Waals surface area contributed by atoms with Crippen LogP contribution in [0, 0.1) is 0 Å². The van der Waals surface area contributed by atoms with E-state index < -0.39 is 5.76 Å². The van der Waals surface area contributed by atoms with E-state index in [0.29, 0.717) is 34.5 Å². The Bertz CT molecular complexity index is 1030. The van der Waals surface area contributed by atoms with Crippen LogP contribution in [0.2, 0.25) is 0 Å². The van der Waals surface area contributed by atoms with Gasteiger partial charge in [0, 0.05) is 31.1 Å². The normalized spacial score (nSPS) is 10.7. The number of rotatable bonds is 7. The highest BCUT2D eigenvalue weighted by molar-refractivity contribution is 5.97. The van der Waals surface area contributed by atoms with Crippen molar-refractivity contribution in [3.8, 4) is 5.75 Å². The zero-order valence-electron chi connectivity index (χ0n) is 15.2. The molecular formula is C20H20N2O5. The SMILES string of the molecule is COc1ccc(C(=O)CCCC(=O)Nc2ccc3oc(=O)n(C)c3c2)cc1. The number of fused-ring (bicyclic) bond motifs is 1. The highest BCUT2D eigenvalue weighted by atomic mass is 16.5. The van der Waals surface area contributed by atoms with Gasteiger partial charge in [-0.2, -0.15) is 0 Å². The number of aromatic nitrogens is 1. The molecule has 27 heavy (non-hydrogen) atoms. The summed E-state index contributed by atoms with van der Waals surface area (Å²) in [5.74, 6) is 0.0363. The minimum Gasteiger partial charge on any atom is -0.497 e. The summed E-state index contributed by atoms with van der Waals surface area (Å²) in [6.07, 6.45) is 0.961. The molecule has 140 valence electrons. The summed E-state index contributed by atoms with van der Waals surface area (Å²) in [6.45, 7) is 0. The van der Waals surface area contributed by atoms with Gasteiger partial charge >= 0.3 is 5.76 Å². The average Bonchev–Trinajstić information content (AvgIpc) is 2.95. The summed E-state index contributed by atoms with van der Waals surface area (Å²) < 4.78 is 11.5. The number of methoxy groups -OCH3 is 1. The molecule has 3 rings (SSSR count). The number of nitrogens with zero attached hydrogens (tertiary/aromatic N) is 1. The lowest BCUT2D eigenvalue weighted by Gasteiger charge is -2.06. The van der Waals surface area contributed by atoms with Crippen molar-refractivity contribution < 1.29 is 18.7 Å². The van der Waals surface area contributed by atoms with Gasteiger partial charge < -0.3 is 14.5 Å². The van der Waals surface area contributed by atoms with E-state index in [-0.39, 0.29) is 24.5 Å². The number of amides is 1. The molecular weight excluding hydrogens is 348 g/mol. The Hall–Kier alpha value is -3.35. The van der Waals surface area contributed by atoms with Crippen LogP contribution in [-0.4, -0.2) is 23.4 Å². The number of hydrogen-bond donors (Lipinski definition) is 1. The van der Waals surface area contributed by atoms with E-state index in [0.717, 1.165) is 0 Å². The number of hydrogen-bond acceptors (Lipinski definition) is 5. The molecule has 0 unspecified atom stereocenters. The number of Topliss-reactive ketones (excluding diaryl/α,β-unsaturated/α-hetero) is 1. The molecule has 0 bridgehead atoms. The zero-order valence-corrected chi connectivity index (χ0v) is 15.2. The fraction of sp³-hybridized carbons (Fsp3) is 0.250. The Morgan fingerprint density at radius 3 is 2.56 bits per heavy atom. The number of ketones is 1. The highest BCUT2D eigenvalue weighted by Crippen LogP contribution is 2.18. The minimum atomic E-state index is -0.453. The second kappa shape index (κ2) is 7.90. The lowest BCUT2D eigenvalue weighted by Crippen LogP contribution is -2.12. The summed E-state index contributed by atoms with van der Waals surface area (Å²) >= 11 is 0. The predicted molar refractivity (Wildman–Crippen MR) is 101 cm³/mol. The van der Waals surface area contributed by atoms with Gasteiger partial charge in [0.2, 0.25) is 5.91 Å². The Morgan fingerprint density at radius 2 is 1.85 bits per heavy atom. The van der Waals surface area contributed by atoms with Crippen molar-refractivity contribution >= 4 is 28.5 Å². The molecule has 7 nitrogen and oxygen atoms in total. The summed E-state index contributed by atoms with van der Waals surface area (Å²) in [5.41, 5.74) is 2.24. The molecule has 2 aromatic carbocycles. The van der Waals surface area contributed by atoms with Crippen LogP contribution in [0.15, 0.2) is 51.7 Å². The molecule has 0 aliphatic heterocycles. The van der Waals surface area contributed by atoms with Crippen LogP contribution in [0.3, 0.4) is 0 Å². The molecule has 0 saturated heterocycles. The first-order chi connectivity index (χ1) is 13.0. The number of aryl methyl sites for hydroxylation is 1. The maximum Gasteiger partial charge on any atom is 0.419 e. The zero-order chi connectivity index (χ0) is 19.4. The first-order valence-electron chi connectivity index (χ1n) is 8.54. The van der Waals surface area contributed by atoms with Crippen LogP contribution in [0.4, 0.5) is 5.69 Å². The highest BCUT2D eigenvalue weighted by Gasteiger charge is 2.10. The number of carbonyl (C=O) groups is 2. The third-order valence-corrected chi connectivity index (χ3v) is 4.29. The second-order valence-electron chi connectivity index (χ2n) is 6.16. The van der Waals surface area contributed by atoms with E-state index in [9.17, 15) is 14.4 Å². The third kappa shape index (κ3) is 4.25. The van der Waals surface area contributed by atoms with Gasteiger partial charge in [0.1, 0.15) is 5.75 Å². The molecule has 1 heterocycles. The van der Waals surface area contributed by atoms with Crippen LogP contribution in [-0.2, 0) is 11.8 Å². The molecule has 0 saturated carbocycles. The number of benzene rings is 2. The number of oxazole rings is 1. The van der Waals surface area contributed by atoms with Gasteiger partial charge in [-0.25, -0.2) is 4.79 Å². The summed E-state index contributed by atoms with van der Waals surface area (Å²) in [6, 6.07) is 11.9. The van der Waals surface area contributed by atoms with Crippen molar-refractivity contribution in [2.75, 3.05) is 12.4 Å². The molecule has 0 spiro atoms. The fourth-order valence-corrected chi connectivity index (χ4v) is 2.76. The lowest BCUT2D eigenvalue weighted by atomic mass is 10.1. The quantitative estimate of drug-likeness (QED) is 0.647. The number of nitrogens with one attached hydrogen (secondary N) is 1. The van der Waals surface area contributed by atoms with Crippen LogP contribution < -0.4 is 15.8 Å². The topological polar surface area (TPSA) is 90.5 Å². The maximum absolute atomic E-state index is 12.2. The Balaban J connectivity index is 1.52. The smallest absolute Gasteiger partial charge is 0.419 e. The molecule has 0 fully saturated rings. The largest absolute Gasteiger partial charge is 0.497 e. The monoisotopic (exact) mass is 368 g/mol. The van der Waals surface area contributed by atoms with Crippen molar-refractivity contribution in [2.24, 2.45) is 7.05 Å². The van der Waals surface area contributed by atoms with E-state index >= 15 is 0 Å². The van der Waals surface area contributed by atoms with Crippen molar-refractivity contribution in [2.45, 2.75) is 19.3 Å². The summed E-state index contributed by atoms with van der Waals surface area (Å²) in [4.78, 5) is 35.8. The van der Waals surface area contributed by atoms with Gasteiger partial charge in [-0.1, -0.05) is 0 Å². The molecule has 3 aromatic rings. The standard InChI is InChI=1S/C20H20N2O5/c1-22-16-12-14(8-11-18(16)27-20(22)25)21-19(24)5-3-4-17(23)13-6-9-15(26-2)10-7-13/h6-12H,3-5H2,1-2H3,(H,21,24). The number of anilines is 1. The van der Waals surface area contributed by atoms with Crippen LogP contribution >= 0.6 is 0 Å². The number of ether oxygens (including phenoxy) is 1. The van der Waals surface area contributed by atoms with E-state index in [1.165, 1.54) is 4.57 Å². The molecule has 7 heteroatoms. The van der Waals surface area contributed by atoms with Crippen LogP contribution in [0.1, 0.15) is 29.6 Å². The third-order valence-electron chi connectivity index (χ3n) is 4.29. The first-order valence-corrected chi connectivity index (χ1v) is 8.54. The van der Waals surface area contributed by atoms with Crippen LogP contribution in [0.25, 0.3) is 11.1 Å². The van der Waals surface area contributed by atoms with E-state index in [1.807, 2.05) is 0 Å². The van der Waals surface area contributed by atoms with Gasteiger partial charge in [-0.15, -0.1) is 0 Å². The molecule has 1 amide bonds. The van der Waals surface area contributed by atoms with Gasteiger partial charge in [-0.05, 0) is 48.9 Å². The van der Waals surface area contributed by atoms with E-state index in [4.69, 9.17) is 9.15 Å². The Kier molecular flexibility index (Phi) is 5.40. The second-order valence-corrected chi connectivity index (χ2v) is 6.16. The maximum atomic E-state index is 12.2. The predicted octanol–water partition coefficient (Wildman–Crippen LogP) is 3.13. The van der Waals surface area contributed by atoms with Crippen molar-refractivity contribution in [1.29, 1.82) is 0 Å². The molecule has 1 N–H and O–H groups in total. The Labute approximate surface area is 155 Å². The van der Waals surface area contributed by atoms with Gasteiger partial charge in [0.05, 0.1) is 12.6 Å². The van der Waals surface area contributed by atoms with E-state index in [2.05, 4.69) is 5.32 Å². The van der Waals surface area contributed by atoms with Crippen LogP contribution in [0.5, 0.6) is 5.75 Å². The number of carbonyl (C=O) groups excluding carboxylic acids is 2. The molecule has 0 radical (unpaired) electrons. The van der Waals surface area contributed by atoms with E-state index in [1.54, 1.807) is 56.6 Å². The van der Waals surface area contributed by atoms with Gasteiger partial charge in [0.15, 0.2) is 11.4 Å². The fourth-order valence-electron chi connectivity index (χ4n) is 2.76. The minimum absolute atomic E-state index is 0.0136. The molecule has 0 aliphatic carbocycles.